The topological polar surface area (TPSA) is 91.4 Å². The zero-order chi connectivity index (χ0) is 30.1. The van der Waals surface area contributed by atoms with Crippen molar-refractivity contribution in [2.45, 2.75) is 70.7 Å². The predicted molar refractivity (Wildman–Crippen MR) is 165 cm³/mol. The van der Waals surface area contributed by atoms with Gasteiger partial charge in [0.25, 0.3) is 5.43 Å². The van der Waals surface area contributed by atoms with Gasteiger partial charge in [-0.15, -0.1) is 0 Å². The first-order valence-corrected chi connectivity index (χ1v) is 18.2. The van der Waals surface area contributed by atoms with Crippen molar-refractivity contribution in [3.63, 3.8) is 0 Å². The molecule has 2 aromatic heterocycles. The van der Waals surface area contributed by atoms with Crippen LogP contribution in [0, 0.1) is 5.82 Å². The minimum absolute atomic E-state index is 0.119. The zero-order valence-electron chi connectivity index (χ0n) is 24.9. The highest BCUT2D eigenvalue weighted by molar-refractivity contribution is 6.76. The first kappa shape index (κ1) is 31.3. The number of aliphatic hydroxyl groups is 1. The Balaban J connectivity index is 1.64. The molecular weight excluding hydrogens is 551 g/mol. The summed E-state index contributed by atoms with van der Waals surface area (Å²) < 4.78 is 28.8. The number of hydrogen-bond donors (Lipinski definition) is 1. The molecule has 0 saturated heterocycles. The highest BCUT2D eigenvalue weighted by Gasteiger charge is 2.26. The highest BCUT2D eigenvalue weighted by atomic mass is 28.3. The van der Waals surface area contributed by atoms with Crippen molar-refractivity contribution in [1.82, 2.24) is 19.3 Å². The number of benzene rings is 2. The summed E-state index contributed by atoms with van der Waals surface area (Å²) in [6, 6.07) is 16.8. The van der Waals surface area contributed by atoms with E-state index in [2.05, 4.69) is 36.6 Å². The molecule has 0 unspecified atom stereocenters. The fourth-order valence-electron chi connectivity index (χ4n) is 4.64. The molecule has 2 heterocycles. The highest BCUT2D eigenvalue weighted by Crippen LogP contribution is 2.30. The minimum Gasteiger partial charge on any atom is -0.488 e. The van der Waals surface area contributed by atoms with E-state index in [0.29, 0.717) is 19.0 Å². The van der Waals surface area contributed by atoms with Gasteiger partial charge in [0.05, 0.1) is 25.5 Å². The predicted octanol–water partition coefficient (Wildman–Crippen LogP) is 5.93. The van der Waals surface area contributed by atoms with Crippen LogP contribution in [0.3, 0.4) is 0 Å². The lowest BCUT2D eigenvalue weighted by atomic mass is 9.86. The maximum Gasteiger partial charge on any atom is 0.253 e. The number of aliphatic hydroxyl groups excluding tert-OH is 1. The normalized spacial score (nSPS) is 13.2. The van der Waals surface area contributed by atoms with Gasteiger partial charge in [-0.25, -0.2) is 14.1 Å². The van der Waals surface area contributed by atoms with Gasteiger partial charge in [0.1, 0.15) is 12.5 Å². The number of hydrogen-bond acceptors (Lipinski definition) is 6. The Hall–Kier alpha value is -3.60. The van der Waals surface area contributed by atoms with E-state index in [1.807, 2.05) is 30.3 Å². The molecule has 0 saturated carbocycles. The summed E-state index contributed by atoms with van der Waals surface area (Å²) in [4.78, 5) is 18.0. The Morgan fingerprint density at radius 3 is 2.43 bits per heavy atom. The summed E-state index contributed by atoms with van der Waals surface area (Å²) in [5.74, 6) is -0.271. The lowest BCUT2D eigenvalue weighted by molar-refractivity contribution is 0.0766. The standard InChI is InChI=1S/C32H41FN4O4Si/c1-5-6-18-41-28-22-37(23-40-19-20-42(2,3)4)35-30(31(28)39)32-34-16-17-36(32)21-27(38)29(24-10-8-7-9-11-24)25-12-14-26(33)15-13-25/h7-17,22,27,29,38H,5-6,18-21,23H2,1-4H3/t27-,29+/m0/s1. The second kappa shape index (κ2) is 14.5. The van der Waals surface area contributed by atoms with Crippen LogP contribution in [-0.2, 0) is 18.0 Å². The molecule has 10 heteroatoms. The Kier molecular flexibility index (Phi) is 10.8. The van der Waals surface area contributed by atoms with Crippen LogP contribution in [0.25, 0.3) is 11.5 Å². The third kappa shape index (κ3) is 8.47. The number of imidazole rings is 1. The van der Waals surface area contributed by atoms with Crippen molar-refractivity contribution in [2.75, 3.05) is 13.2 Å². The Morgan fingerprint density at radius 1 is 1.02 bits per heavy atom. The number of nitrogens with zero attached hydrogens (tertiary/aromatic N) is 4. The molecule has 0 aliphatic heterocycles. The fourth-order valence-corrected chi connectivity index (χ4v) is 5.40. The Morgan fingerprint density at radius 2 is 1.74 bits per heavy atom. The second-order valence-corrected chi connectivity index (χ2v) is 17.3. The number of ether oxygens (including phenoxy) is 2. The first-order chi connectivity index (χ1) is 20.2. The quantitative estimate of drug-likeness (QED) is 0.136. The van der Waals surface area contributed by atoms with E-state index in [1.165, 1.54) is 12.1 Å². The maximum atomic E-state index is 13.7. The Bertz CT molecular complexity index is 1470. The van der Waals surface area contributed by atoms with Crippen LogP contribution in [0.4, 0.5) is 4.39 Å². The average molecular weight is 593 g/mol. The van der Waals surface area contributed by atoms with Gasteiger partial charge >= 0.3 is 0 Å². The molecule has 1 N–H and O–H groups in total. The first-order valence-electron chi connectivity index (χ1n) is 14.5. The van der Waals surface area contributed by atoms with Crippen LogP contribution in [0.5, 0.6) is 5.75 Å². The molecule has 0 aliphatic rings. The van der Waals surface area contributed by atoms with Crippen molar-refractivity contribution in [1.29, 1.82) is 0 Å². The summed E-state index contributed by atoms with van der Waals surface area (Å²) in [5, 5.41) is 16.2. The second-order valence-electron chi connectivity index (χ2n) is 11.7. The van der Waals surface area contributed by atoms with E-state index in [-0.39, 0.29) is 36.0 Å². The SMILES string of the molecule is CCCCOc1cn(COCC[Si](C)(C)C)nc(-c2nccn2C[C@H](O)[C@H](c2ccccc2)c2ccc(F)cc2)c1=O. The molecule has 0 spiro atoms. The van der Waals surface area contributed by atoms with Crippen molar-refractivity contribution >= 4 is 8.07 Å². The summed E-state index contributed by atoms with van der Waals surface area (Å²) in [6.45, 7) is 10.2. The summed E-state index contributed by atoms with van der Waals surface area (Å²) in [7, 11) is -1.26. The van der Waals surface area contributed by atoms with Gasteiger partial charge in [0, 0.05) is 33.0 Å². The molecule has 0 amide bonds. The van der Waals surface area contributed by atoms with Crippen LogP contribution >= 0.6 is 0 Å². The van der Waals surface area contributed by atoms with Gasteiger partial charge in [-0.1, -0.05) is 75.5 Å². The summed E-state index contributed by atoms with van der Waals surface area (Å²) in [6.07, 6.45) is 5.71. The van der Waals surface area contributed by atoms with Crippen molar-refractivity contribution in [2.24, 2.45) is 0 Å². The molecule has 0 radical (unpaired) electrons. The van der Waals surface area contributed by atoms with Crippen LogP contribution in [0.2, 0.25) is 25.7 Å². The van der Waals surface area contributed by atoms with E-state index >= 15 is 0 Å². The third-order valence-electron chi connectivity index (χ3n) is 6.99. The molecular formula is C32H41FN4O4Si. The molecule has 0 aliphatic carbocycles. The average Bonchev–Trinajstić information content (AvgIpc) is 3.41. The van der Waals surface area contributed by atoms with Crippen LogP contribution < -0.4 is 10.2 Å². The van der Waals surface area contributed by atoms with E-state index in [1.54, 1.807) is 40.0 Å². The fraction of sp³-hybridized carbons (Fsp3) is 0.406. The van der Waals surface area contributed by atoms with Crippen molar-refractivity contribution < 1.29 is 19.0 Å². The van der Waals surface area contributed by atoms with Crippen molar-refractivity contribution in [3.05, 3.63) is 100 Å². The number of rotatable bonds is 15. The van der Waals surface area contributed by atoms with Crippen LogP contribution in [-0.4, -0.2) is 51.8 Å². The summed E-state index contributed by atoms with van der Waals surface area (Å²) in [5.41, 5.74) is 1.41. The maximum absolute atomic E-state index is 13.7. The smallest absolute Gasteiger partial charge is 0.253 e. The molecule has 4 aromatic rings. The van der Waals surface area contributed by atoms with Gasteiger partial charge in [0.2, 0.25) is 0 Å². The monoisotopic (exact) mass is 592 g/mol. The lowest BCUT2D eigenvalue weighted by Crippen LogP contribution is -2.27. The molecule has 4 rings (SSSR count). The van der Waals surface area contributed by atoms with Gasteiger partial charge in [-0.05, 0) is 35.7 Å². The molecule has 0 fully saturated rings. The van der Waals surface area contributed by atoms with E-state index < -0.39 is 20.1 Å². The van der Waals surface area contributed by atoms with Gasteiger partial charge in [0.15, 0.2) is 17.3 Å². The number of halogens is 1. The third-order valence-corrected chi connectivity index (χ3v) is 8.70. The van der Waals surface area contributed by atoms with Gasteiger partial charge in [-0.3, -0.25) is 4.79 Å². The number of aromatic nitrogens is 4. The molecule has 42 heavy (non-hydrogen) atoms. The minimum atomic E-state index is -1.26. The van der Waals surface area contributed by atoms with Crippen LogP contribution in [0.15, 0.2) is 78.0 Å². The van der Waals surface area contributed by atoms with Gasteiger partial charge < -0.3 is 19.1 Å². The molecule has 2 atom stereocenters. The van der Waals surface area contributed by atoms with Crippen molar-refractivity contribution in [3.8, 4) is 17.3 Å². The van der Waals surface area contributed by atoms with Crippen LogP contribution in [0.1, 0.15) is 36.8 Å². The van der Waals surface area contributed by atoms with E-state index in [9.17, 15) is 14.3 Å². The van der Waals surface area contributed by atoms with E-state index in [0.717, 1.165) is 30.0 Å². The molecule has 224 valence electrons. The molecule has 0 bridgehead atoms. The molecule has 8 nitrogen and oxygen atoms in total. The lowest BCUT2D eigenvalue weighted by Gasteiger charge is -2.25. The molecule has 2 aromatic carbocycles. The summed E-state index contributed by atoms with van der Waals surface area (Å²) >= 11 is 0. The number of unbranched alkanes of at least 4 members (excludes halogenated alkanes) is 1. The van der Waals surface area contributed by atoms with E-state index in [4.69, 9.17) is 9.47 Å². The van der Waals surface area contributed by atoms with Gasteiger partial charge in [-0.2, -0.15) is 5.10 Å². The largest absolute Gasteiger partial charge is 0.488 e. The zero-order valence-corrected chi connectivity index (χ0v) is 25.9. The Labute approximate surface area is 247 Å².